The van der Waals surface area contributed by atoms with E-state index in [1.807, 2.05) is 0 Å². The number of carboxylic acid groups (broad SMARTS) is 1. The second-order valence-electron chi connectivity index (χ2n) is 7.63. The standard InChI is InChI=1S/C25H24N6O6/c1-3-21(32)28-17-7-5-9-19(26-17)30-23(34)14-11-15(13-16(12-14)25(36)37)24(35)31-20-10-6-8-18(27-20)29-22(33)4-2/h5-13H,3-4H2,1-2H3,(H,36,37)(H2,26,28,30,32,34)(H2,27,29,31,33,35). The number of carbonyl (C=O) groups excluding carboxylic acids is 4. The van der Waals surface area contributed by atoms with Crippen LogP contribution < -0.4 is 21.3 Å². The molecule has 0 aliphatic carbocycles. The van der Waals surface area contributed by atoms with Crippen LogP contribution in [0.3, 0.4) is 0 Å². The Kier molecular flexibility index (Phi) is 8.60. The van der Waals surface area contributed by atoms with Gasteiger partial charge in [0.15, 0.2) is 0 Å². The number of carbonyl (C=O) groups is 5. The van der Waals surface area contributed by atoms with Crippen LogP contribution >= 0.6 is 0 Å². The fourth-order valence-corrected chi connectivity index (χ4v) is 3.00. The van der Waals surface area contributed by atoms with Gasteiger partial charge in [-0.25, -0.2) is 14.8 Å². The minimum absolute atomic E-state index is 0.105. The lowest BCUT2D eigenvalue weighted by molar-refractivity contribution is -0.116. The number of anilines is 4. The Balaban J connectivity index is 1.82. The van der Waals surface area contributed by atoms with Crippen LogP contribution in [0, 0.1) is 0 Å². The Bertz CT molecular complexity index is 1280. The van der Waals surface area contributed by atoms with Crippen molar-refractivity contribution in [2.45, 2.75) is 26.7 Å². The number of rotatable bonds is 9. The van der Waals surface area contributed by atoms with Crippen molar-refractivity contribution < 1.29 is 29.1 Å². The summed E-state index contributed by atoms with van der Waals surface area (Å²) in [6.45, 7) is 3.36. The number of nitrogens with one attached hydrogen (secondary N) is 4. The molecule has 37 heavy (non-hydrogen) atoms. The average molecular weight is 505 g/mol. The first-order chi connectivity index (χ1) is 17.7. The van der Waals surface area contributed by atoms with Crippen LogP contribution in [-0.4, -0.2) is 44.7 Å². The zero-order valence-corrected chi connectivity index (χ0v) is 20.0. The molecule has 0 atom stereocenters. The van der Waals surface area contributed by atoms with Gasteiger partial charge in [0.05, 0.1) is 5.56 Å². The van der Waals surface area contributed by atoms with Gasteiger partial charge in [-0.1, -0.05) is 26.0 Å². The fraction of sp³-hybridized carbons (Fsp3) is 0.160. The minimum atomic E-state index is -1.34. The molecule has 3 rings (SSSR count). The van der Waals surface area contributed by atoms with Crippen LogP contribution in [-0.2, 0) is 9.59 Å². The van der Waals surface area contributed by atoms with Gasteiger partial charge in [-0.05, 0) is 42.5 Å². The third-order valence-corrected chi connectivity index (χ3v) is 4.86. The highest BCUT2D eigenvalue weighted by Crippen LogP contribution is 2.17. The van der Waals surface area contributed by atoms with Gasteiger partial charge in [-0.15, -0.1) is 0 Å². The van der Waals surface area contributed by atoms with Crippen LogP contribution in [0.2, 0.25) is 0 Å². The van der Waals surface area contributed by atoms with Crippen molar-refractivity contribution in [1.82, 2.24) is 9.97 Å². The Labute approximate surface area is 211 Å². The van der Waals surface area contributed by atoms with Crippen molar-refractivity contribution in [1.29, 1.82) is 0 Å². The second kappa shape index (κ2) is 12.0. The highest BCUT2D eigenvalue weighted by atomic mass is 16.4. The largest absolute Gasteiger partial charge is 0.478 e. The van der Waals surface area contributed by atoms with Gasteiger partial charge in [-0.2, -0.15) is 0 Å². The number of hydrogen-bond donors (Lipinski definition) is 5. The zero-order chi connectivity index (χ0) is 26.9. The molecule has 190 valence electrons. The van der Waals surface area contributed by atoms with E-state index in [1.54, 1.807) is 38.1 Å². The predicted octanol–water partition coefficient (Wildman–Crippen LogP) is 3.38. The molecule has 12 nitrogen and oxygen atoms in total. The summed E-state index contributed by atoms with van der Waals surface area (Å²) in [4.78, 5) is 68.9. The predicted molar refractivity (Wildman–Crippen MR) is 136 cm³/mol. The first-order valence-electron chi connectivity index (χ1n) is 11.2. The van der Waals surface area contributed by atoms with Crippen molar-refractivity contribution in [2.24, 2.45) is 0 Å². The minimum Gasteiger partial charge on any atom is -0.478 e. The van der Waals surface area contributed by atoms with Crippen LogP contribution in [0.5, 0.6) is 0 Å². The molecule has 0 radical (unpaired) electrons. The summed E-state index contributed by atoms with van der Waals surface area (Å²) in [5.41, 5.74) is -0.495. The third kappa shape index (κ3) is 7.42. The number of carboxylic acids is 1. The summed E-state index contributed by atoms with van der Waals surface area (Å²) in [6.07, 6.45) is 0.497. The third-order valence-electron chi connectivity index (χ3n) is 4.86. The molecule has 5 N–H and O–H groups in total. The number of aromatic nitrogens is 2. The van der Waals surface area contributed by atoms with E-state index >= 15 is 0 Å². The number of amides is 4. The molecule has 2 heterocycles. The fourth-order valence-electron chi connectivity index (χ4n) is 3.00. The van der Waals surface area contributed by atoms with Crippen LogP contribution in [0.25, 0.3) is 0 Å². The van der Waals surface area contributed by atoms with E-state index in [-0.39, 0.29) is 64.6 Å². The van der Waals surface area contributed by atoms with Gasteiger partial charge >= 0.3 is 5.97 Å². The van der Waals surface area contributed by atoms with Crippen molar-refractivity contribution in [3.63, 3.8) is 0 Å². The summed E-state index contributed by atoms with van der Waals surface area (Å²) < 4.78 is 0. The maximum absolute atomic E-state index is 12.9. The Hall–Kier alpha value is -5.13. The van der Waals surface area contributed by atoms with Gasteiger partial charge in [-0.3, -0.25) is 19.2 Å². The Morgan fingerprint density at radius 2 is 0.973 bits per heavy atom. The van der Waals surface area contributed by atoms with E-state index in [0.717, 1.165) is 12.1 Å². The van der Waals surface area contributed by atoms with Gasteiger partial charge in [0.25, 0.3) is 11.8 Å². The van der Waals surface area contributed by atoms with Gasteiger partial charge in [0.2, 0.25) is 11.8 Å². The molecule has 0 saturated heterocycles. The van der Waals surface area contributed by atoms with Crippen molar-refractivity contribution in [2.75, 3.05) is 21.3 Å². The summed E-state index contributed by atoms with van der Waals surface area (Å²) in [7, 11) is 0. The Morgan fingerprint density at radius 1 is 0.622 bits per heavy atom. The molecule has 0 saturated carbocycles. The lowest BCUT2D eigenvalue weighted by Crippen LogP contribution is -2.19. The molecule has 2 aromatic heterocycles. The average Bonchev–Trinajstić information content (AvgIpc) is 2.88. The van der Waals surface area contributed by atoms with Crippen LogP contribution in [0.15, 0.2) is 54.6 Å². The molecule has 4 amide bonds. The van der Waals surface area contributed by atoms with E-state index in [4.69, 9.17) is 0 Å². The van der Waals surface area contributed by atoms with Crippen molar-refractivity contribution in [3.05, 3.63) is 71.3 Å². The van der Waals surface area contributed by atoms with E-state index < -0.39 is 17.8 Å². The second-order valence-corrected chi connectivity index (χ2v) is 7.63. The number of aromatic carboxylic acids is 1. The van der Waals surface area contributed by atoms with Crippen LogP contribution in [0.1, 0.15) is 57.8 Å². The molecule has 0 aliphatic heterocycles. The maximum atomic E-state index is 12.9. The smallest absolute Gasteiger partial charge is 0.335 e. The lowest BCUT2D eigenvalue weighted by atomic mass is 10.0. The first kappa shape index (κ1) is 26.5. The van der Waals surface area contributed by atoms with Gasteiger partial charge < -0.3 is 26.4 Å². The van der Waals surface area contributed by atoms with Crippen molar-refractivity contribution >= 4 is 52.9 Å². The summed E-state index contributed by atoms with van der Waals surface area (Å²) in [6, 6.07) is 12.7. The molecule has 0 bridgehead atoms. The van der Waals surface area contributed by atoms with E-state index in [2.05, 4.69) is 31.2 Å². The molecule has 1 aromatic carbocycles. The SMILES string of the molecule is CCC(=O)Nc1cccc(NC(=O)c2cc(C(=O)O)cc(C(=O)Nc3cccc(NC(=O)CC)n3)c2)n1. The summed E-state index contributed by atoms with van der Waals surface area (Å²) in [5, 5.41) is 19.7. The lowest BCUT2D eigenvalue weighted by Gasteiger charge is -2.11. The molecule has 0 aliphatic rings. The highest BCUT2D eigenvalue weighted by Gasteiger charge is 2.17. The molecule has 0 spiro atoms. The molecule has 0 unspecified atom stereocenters. The summed E-state index contributed by atoms with van der Waals surface area (Å²) in [5.74, 6) is -2.60. The number of nitrogens with zero attached hydrogens (tertiary/aromatic N) is 2. The number of hydrogen-bond acceptors (Lipinski definition) is 7. The Morgan fingerprint density at radius 3 is 1.32 bits per heavy atom. The molecule has 3 aromatic rings. The first-order valence-corrected chi connectivity index (χ1v) is 11.2. The normalized spacial score (nSPS) is 10.2. The summed E-state index contributed by atoms with van der Waals surface area (Å²) >= 11 is 0. The van der Waals surface area contributed by atoms with Crippen molar-refractivity contribution in [3.8, 4) is 0 Å². The molecule has 0 fully saturated rings. The monoisotopic (exact) mass is 504 g/mol. The zero-order valence-electron chi connectivity index (χ0n) is 20.0. The van der Waals surface area contributed by atoms with E-state index in [0.29, 0.717) is 0 Å². The topological polar surface area (TPSA) is 179 Å². The molecule has 12 heteroatoms. The molecular formula is C25H24N6O6. The number of benzene rings is 1. The van der Waals surface area contributed by atoms with Gasteiger partial charge in [0.1, 0.15) is 23.3 Å². The van der Waals surface area contributed by atoms with E-state index in [1.165, 1.54) is 18.2 Å². The van der Waals surface area contributed by atoms with Crippen LogP contribution in [0.4, 0.5) is 23.3 Å². The maximum Gasteiger partial charge on any atom is 0.335 e. The number of pyridine rings is 2. The van der Waals surface area contributed by atoms with Gasteiger partial charge in [0, 0.05) is 24.0 Å². The molecular weight excluding hydrogens is 480 g/mol. The quantitative estimate of drug-likeness (QED) is 0.294. The highest BCUT2D eigenvalue weighted by molar-refractivity contribution is 6.10. The van der Waals surface area contributed by atoms with E-state index in [9.17, 15) is 29.1 Å².